The average molecular weight is 326 g/mol. The molecular weight excluding hydrogens is 302 g/mol. The van der Waals surface area contributed by atoms with Crippen LogP contribution >= 0.6 is 11.6 Å². The van der Waals surface area contributed by atoms with Crippen LogP contribution in [0.5, 0.6) is 5.75 Å². The number of rotatable bonds is 7. The summed E-state index contributed by atoms with van der Waals surface area (Å²) in [6.45, 7) is 5.58. The van der Waals surface area contributed by atoms with Crippen molar-refractivity contribution in [3.05, 3.63) is 29.3 Å². The molecule has 2 rings (SSSR count). The molecule has 5 nitrogen and oxygen atoms in total. The van der Waals surface area contributed by atoms with Gasteiger partial charge < -0.3 is 19.9 Å². The van der Waals surface area contributed by atoms with Crippen LogP contribution in [0.3, 0.4) is 0 Å². The molecule has 22 heavy (non-hydrogen) atoms. The molecule has 0 bridgehead atoms. The number of ether oxygens (including phenoxy) is 1. The molecule has 1 fully saturated rings. The van der Waals surface area contributed by atoms with Crippen molar-refractivity contribution < 1.29 is 9.53 Å². The Hall–Kier alpha value is -1.30. The molecule has 1 aromatic rings. The summed E-state index contributed by atoms with van der Waals surface area (Å²) in [5.41, 5.74) is 0. The predicted octanol–water partition coefficient (Wildman–Crippen LogP) is 1.47. The Morgan fingerprint density at radius 2 is 1.95 bits per heavy atom. The molecular formula is C16H24ClN3O2. The predicted molar refractivity (Wildman–Crippen MR) is 88.5 cm³/mol. The van der Waals surface area contributed by atoms with Crippen LogP contribution in [-0.4, -0.2) is 68.6 Å². The van der Waals surface area contributed by atoms with E-state index in [0.29, 0.717) is 18.1 Å². The SMILES string of the molecule is CN(CCOc1ccc(Cl)cc1)CCC(=O)N1CCNCC1. The van der Waals surface area contributed by atoms with Gasteiger partial charge in [-0.25, -0.2) is 0 Å². The number of hydrogen-bond acceptors (Lipinski definition) is 4. The fraction of sp³-hybridized carbons (Fsp3) is 0.562. The number of halogens is 1. The van der Waals surface area contributed by atoms with Gasteiger partial charge >= 0.3 is 0 Å². The van der Waals surface area contributed by atoms with Crippen LogP contribution in [0, 0.1) is 0 Å². The number of nitrogens with zero attached hydrogens (tertiary/aromatic N) is 2. The minimum atomic E-state index is 0.243. The molecule has 1 aromatic carbocycles. The lowest BCUT2D eigenvalue weighted by molar-refractivity contribution is -0.132. The van der Waals surface area contributed by atoms with Crippen molar-refractivity contribution in [2.75, 3.05) is 52.9 Å². The molecule has 122 valence electrons. The van der Waals surface area contributed by atoms with Crippen molar-refractivity contribution in [3.8, 4) is 5.75 Å². The average Bonchev–Trinajstić information content (AvgIpc) is 2.55. The van der Waals surface area contributed by atoms with Crippen LogP contribution in [0.1, 0.15) is 6.42 Å². The molecule has 6 heteroatoms. The highest BCUT2D eigenvalue weighted by Gasteiger charge is 2.16. The Morgan fingerprint density at radius 1 is 1.27 bits per heavy atom. The number of amides is 1. The molecule has 0 atom stereocenters. The van der Waals surface area contributed by atoms with Crippen LogP contribution in [0.2, 0.25) is 5.02 Å². The third-order valence-corrected chi connectivity index (χ3v) is 3.98. The van der Waals surface area contributed by atoms with Gasteiger partial charge in [0.2, 0.25) is 5.91 Å². The fourth-order valence-corrected chi connectivity index (χ4v) is 2.45. The van der Waals surface area contributed by atoms with Crippen molar-refractivity contribution in [2.45, 2.75) is 6.42 Å². The lowest BCUT2D eigenvalue weighted by Crippen LogP contribution is -2.47. The van der Waals surface area contributed by atoms with E-state index in [0.717, 1.165) is 45.0 Å². The second-order valence-corrected chi connectivity index (χ2v) is 5.92. The topological polar surface area (TPSA) is 44.8 Å². The van der Waals surface area contributed by atoms with Gasteiger partial charge in [-0.1, -0.05) is 11.6 Å². The van der Waals surface area contributed by atoms with Gasteiger partial charge in [-0.15, -0.1) is 0 Å². The molecule has 0 aliphatic carbocycles. The third-order valence-electron chi connectivity index (χ3n) is 3.73. The molecule has 0 unspecified atom stereocenters. The zero-order valence-electron chi connectivity index (χ0n) is 13.1. The molecule has 0 radical (unpaired) electrons. The summed E-state index contributed by atoms with van der Waals surface area (Å²) >= 11 is 5.83. The van der Waals surface area contributed by atoms with E-state index in [-0.39, 0.29) is 5.91 Å². The van der Waals surface area contributed by atoms with E-state index in [1.165, 1.54) is 0 Å². The summed E-state index contributed by atoms with van der Waals surface area (Å²) in [6.07, 6.45) is 0.567. The minimum absolute atomic E-state index is 0.243. The van der Waals surface area contributed by atoms with Crippen LogP contribution in [-0.2, 0) is 4.79 Å². The highest BCUT2D eigenvalue weighted by Crippen LogP contribution is 2.15. The number of piperazine rings is 1. The van der Waals surface area contributed by atoms with Gasteiger partial charge in [0.05, 0.1) is 0 Å². The molecule has 1 amide bonds. The number of carbonyl (C=O) groups is 1. The Balaban J connectivity index is 1.60. The van der Waals surface area contributed by atoms with Crippen molar-refractivity contribution >= 4 is 17.5 Å². The number of hydrogen-bond donors (Lipinski definition) is 1. The first kappa shape index (κ1) is 17.1. The minimum Gasteiger partial charge on any atom is -0.492 e. The van der Waals surface area contributed by atoms with Crippen molar-refractivity contribution in [3.63, 3.8) is 0 Å². The molecule has 1 aliphatic heterocycles. The van der Waals surface area contributed by atoms with E-state index in [4.69, 9.17) is 16.3 Å². The highest BCUT2D eigenvalue weighted by atomic mass is 35.5. The van der Waals surface area contributed by atoms with Gasteiger partial charge in [-0.3, -0.25) is 4.79 Å². The summed E-state index contributed by atoms with van der Waals surface area (Å²) in [7, 11) is 2.01. The first-order valence-corrected chi connectivity index (χ1v) is 8.08. The summed E-state index contributed by atoms with van der Waals surface area (Å²) in [6, 6.07) is 7.34. The monoisotopic (exact) mass is 325 g/mol. The number of nitrogens with one attached hydrogen (secondary N) is 1. The van der Waals surface area contributed by atoms with Gasteiger partial charge in [0.1, 0.15) is 12.4 Å². The maximum Gasteiger partial charge on any atom is 0.223 e. The van der Waals surface area contributed by atoms with E-state index in [9.17, 15) is 4.79 Å². The van der Waals surface area contributed by atoms with Crippen molar-refractivity contribution in [1.82, 2.24) is 15.1 Å². The van der Waals surface area contributed by atoms with E-state index >= 15 is 0 Å². The fourth-order valence-electron chi connectivity index (χ4n) is 2.32. The smallest absolute Gasteiger partial charge is 0.223 e. The standard InChI is InChI=1S/C16H24ClN3O2/c1-19(9-6-16(21)20-10-7-18-8-11-20)12-13-22-15-4-2-14(17)3-5-15/h2-5,18H,6-13H2,1H3. The maximum atomic E-state index is 12.1. The zero-order chi connectivity index (χ0) is 15.8. The van der Waals surface area contributed by atoms with Crippen LogP contribution in [0.15, 0.2) is 24.3 Å². The van der Waals surface area contributed by atoms with Gasteiger partial charge in [0.15, 0.2) is 0 Å². The molecule has 1 saturated heterocycles. The first-order chi connectivity index (χ1) is 10.6. The third kappa shape index (κ3) is 5.83. The van der Waals surface area contributed by atoms with Gasteiger partial charge in [0.25, 0.3) is 0 Å². The lowest BCUT2D eigenvalue weighted by atomic mass is 10.3. The highest BCUT2D eigenvalue weighted by molar-refractivity contribution is 6.30. The number of carbonyl (C=O) groups excluding carboxylic acids is 1. The summed E-state index contributed by atoms with van der Waals surface area (Å²) in [5, 5.41) is 3.96. The Labute approximate surface area is 137 Å². The molecule has 0 saturated carbocycles. The molecule has 0 aromatic heterocycles. The van der Waals surface area contributed by atoms with E-state index in [1.807, 2.05) is 36.2 Å². The van der Waals surface area contributed by atoms with Crippen LogP contribution in [0.4, 0.5) is 0 Å². The van der Waals surface area contributed by atoms with E-state index < -0.39 is 0 Å². The van der Waals surface area contributed by atoms with Gasteiger partial charge in [-0.05, 0) is 31.3 Å². The van der Waals surface area contributed by atoms with Gasteiger partial charge in [-0.2, -0.15) is 0 Å². The summed E-state index contributed by atoms with van der Waals surface area (Å²) in [4.78, 5) is 16.1. The van der Waals surface area contributed by atoms with Gasteiger partial charge in [0, 0.05) is 50.7 Å². The zero-order valence-corrected chi connectivity index (χ0v) is 13.8. The van der Waals surface area contributed by atoms with E-state index in [1.54, 1.807) is 0 Å². The summed E-state index contributed by atoms with van der Waals surface area (Å²) in [5.74, 6) is 1.06. The first-order valence-electron chi connectivity index (χ1n) is 7.70. The second kappa shape index (κ2) is 8.98. The number of benzene rings is 1. The van der Waals surface area contributed by atoms with Crippen LogP contribution in [0.25, 0.3) is 0 Å². The largest absolute Gasteiger partial charge is 0.492 e. The Morgan fingerprint density at radius 3 is 2.64 bits per heavy atom. The maximum absolute atomic E-state index is 12.1. The Kier molecular flexibility index (Phi) is 6.96. The molecule has 1 heterocycles. The lowest BCUT2D eigenvalue weighted by Gasteiger charge is -2.28. The summed E-state index contributed by atoms with van der Waals surface area (Å²) < 4.78 is 5.65. The molecule has 1 N–H and O–H groups in total. The molecule has 1 aliphatic rings. The quantitative estimate of drug-likeness (QED) is 0.824. The van der Waals surface area contributed by atoms with Crippen LogP contribution < -0.4 is 10.1 Å². The second-order valence-electron chi connectivity index (χ2n) is 5.49. The Bertz CT molecular complexity index is 461. The van der Waals surface area contributed by atoms with Crippen molar-refractivity contribution in [1.29, 1.82) is 0 Å². The number of likely N-dealkylation sites (N-methyl/N-ethyl adjacent to an activating group) is 1. The molecule has 0 spiro atoms. The normalized spacial score (nSPS) is 15.1. The van der Waals surface area contributed by atoms with Crippen molar-refractivity contribution in [2.24, 2.45) is 0 Å². The van der Waals surface area contributed by atoms with E-state index in [2.05, 4.69) is 10.2 Å².